The minimum absolute atomic E-state index is 0.337. The van der Waals surface area contributed by atoms with E-state index >= 15 is 0 Å². The molecule has 1 atom stereocenters. The number of likely N-dealkylation sites (tertiary alicyclic amines) is 1. The quantitative estimate of drug-likeness (QED) is 0.843. The standard InChI is InChI=1S/C13H20N6O/c1-9(2)19-12(14-8-15-19)7-18-5-4-11(6-18)13-16-10(3)17-20-13/h8-9,11H,4-7H2,1-3H3/t11-/m1/s1. The maximum Gasteiger partial charge on any atom is 0.231 e. The lowest BCUT2D eigenvalue weighted by Gasteiger charge is -2.16. The van der Waals surface area contributed by atoms with Gasteiger partial charge in [-0.15, -0.1) is 0 Å². The molecule has 3 rings (SSSR count). The van der Waals surface area contributed by atoms with Crippen LogP contribution in [0.5, 0.6) is 0 Å². The van der Waals surface area contributed by atoms with Crippen molar-refractivity contribution in [2.75, 3.05) is 13.1 Å². The van der Waals surface area contributed by atoms with Gasteiger partial charge in [-0.1, -0.05) is 5.16 Å². The van der Waals surface area contributed by atoms with Crippen molar-refractivity contribution < 1.29 is 4.52 Å². The lowest BCUT2D eigenvalue weighted by Crippen LogP contribution is -2.23. The predicted molar refractivity (Wildman–Crippen MR) is 72.1 cm³/mol. The number of hydrogen-bond acceptors (Lipinski definition) is 6. The van der Waals surface area contributed by atoms with Gasteiger partial charge in [-0.3, -0.25) is 4.90 Å². The third kappa shape index (κ3) is 2.58. The van der Waals surface area contributed by atoms with E-state index in [2.05, 4.69) is 39.0 Å². The van der Waals surface area contributed by atoms with E-state index in [0.717, 1.165) is 37.8 Å². The molecule has 2 aromatic rings. The molecular formula is C13H20N6O. The van der Waals surface area contributed by atoms with Crippen molar-refractivity contribution in [3.63, 3.8) is 0 Å². The van der Waals surface area contributed by atoms with Crippen LogP contribution in [0.4, 0.5) is 0 Å². The highest BCUT2D eigenvalue weighted by Crippen LogP contribution is 2.26. The van der Waals surface area contributed by atoms with Gasteiger partial charge in [0, 0.05) is 12.6 Å². The lowest BCUT2D eigenvalue weighted by molar-refractivity contribution is 0.293. The summed E-state index contributed by atoms with van der Waals surface area (Å²) in [7, 11) is 0. The second-order valence-corrected chi connectivity index (χ2v) is 5.62. The predicted octanol–water partition coefficient (Wildman–Crippen LogP) is 1.54. The van der Waals surface area contributed by atoms with E-state index in [9.17, 15) is 0 Å². The summed E-state index contributed by atoms with van der Waals surface area (Å²) in [4.78, 5) is 11.1. The maximum atomic E-state index is 5.27. The Morgan fingerprint density at radius 1 is 1.45 bits per heavy atom. The summed E-state index contributed by atoms with van der Waals surface area (Å²) in [5.41, 5.74) is 0. The first-order valence-electron chi connectivity index (χ1n) is 7.04. The first-order valence-corrected chi connectivity index (χ1v) is 7.04. The number of nitrogens with zero attached hydrogens (tertiary/aromatic N) is 6. The number of aromatic nitrogens is 5. The number of rotatable bonds is 4. The molecule has 0 aliphatic carbocycles. The van der Waals surface area contributed by atoms with Gasteiger partial charge < -0.3 is 4.52 Å². The molecule has 0 radical (unpaired) electrons. The van der Waals surface area contributed by atoms with Crippen LogP contribution in [0, 0.1) is 6.92 Å². The molecule has 20 heavy (non-hydrogen) atoms. The molecule has 1 aliphatic heterocycles. The Kier molecular flexibility index (Phi) is 3.52. The summed E-state index contributed by atoms with van der Waals surface area (Å²) in [6.07, 6.45) is 2.68. The molecule has 0 aromatic carbocycles. The Bertz CT molecular complexity index is 575. The van der Waals surface area contributed by atoms with Crippen molar-refractivity contribution in [3.8, 4) is 0 Å². The van der Waals surface area contributed by atoms with Gasteiger partial charge in [0.15, 0.2) is 5.82 Å². The monoisotopic (exact) mass is 276 g/mol. The molecule has 0 N–H and O–H groups in total. The molecule has 3 heterocycles. The molecule has 1 fully saturated rings. The fraction of sp³-hybridized carbons (Fsp3) is 0.692. The van der Waals surface area contributed by atoms with Crippen LogP contribution in [0.25, 0.3) is 0 Å². The van der Waals surface area contributed by atoms with Crippen molar-refractivity contribution in [2.24, 2.45) is 0 Å². The minimum Gasteiger partial charge on any atom is -0.339 e. The van der Waals surface area contributed by atoms with Crippen LogP contribution in [-0.4, -0.2) is 42.9 Å². The summed E-state index contributed by atoms with van der Waals surface area (Å²) in [6, 6.07) is 0.337. The molecule has 0 bridgehead atoms. The van der Waals surface area contributed by atoms with Gasteiger partial charge in [0.2, 0.25) is 5.89 Å². The normalized spacial score (nSPS) is 20.1. The van der Waals surface area contributed by atoms with Gasteiger partial charge in [-0.25, -0.2) is 9.67 Å². The van der Waals surface area contributed by atoms with Crippen molar-refractivity contribution in [1.82, 2.24) is 29.8 Å². The zero-order valence-corrected chi connectivity index (χ0v) is 12.2. The second kappa shape index (κ2) is 5.32. The Labute approximate surface area is 118 Å². The van der Waals surface area contributed by atoms with Gasteiger partial charge in [-0.05, 0) is 33.7 Å². The van der Waals surface area contributed by atoms with Crippen LogP contribution in [-0.2, 0) is 6.54 Å². The minimum atomic E-state index is 0.337. The number of hydrogen-bond donors (Lipinski definition) is 0. The van der Waals surface area contributed by atoms with Gasteiger partial charge >= 0.3 is 0 Å². The SMILES string of the molecule is Cc1noc([C@@H]2CCN(Cc3ncnn3C(C)C)C2)n1. The van der Waals surface area contributed by atoms with Gasteiger partial charge in [0.25, 0.3) is 0 Å². The Balaban J connectivity index is 1.64. The van der Waals surface area contributed by atoms with E-state index in [1.54, 1.807) is 6.33 Å². The summed E-state index contributed by atoms with van der Waals surface area (Å²) in [5.74, 6) is 2.82. The van der Waals surface area contributed by atoms with Crippen LogP contribution in [0.15, 0.2) is 10.9 Å². The molecule has 0 unspecified atom stereocenters. The van der Waals surface area contributed by atoms with E-state index in [4.69, 9.17) is 4.52 Å². The summed E-state index contributed by atoms with van der Waals surface area (Å²) in [5, 5.41) is 8.14. The van der Waals surface area contributed by atoms with Crippen molar-refractivity contribution in [3.05, 3.63) is 23.9 Å². The number of aryl methyl sites for hydroxylation is 1. The van der Waals surface area contributed by atoms with Crippen LogP contribution < -0.4 is 0 Å². The van der Waals surface area contributed by atoms with Crippen LogP contribution in [0.3, 0.4) is 0 Å². The first-order chi connectivity index (χ1) is 9.63. The fourth-order valence-electron chi connectivity index (χ4n) is 2.68. The maximum absolute atomic E-state index is 5.27. The van der Waals surface area contributed by atoms with E-state index < -0.39 is 0 Å². The van der Waals surface area contributed by atoms with Gasteiger partial charge in [-0.2, -0.15) is 10.1 Å². The van der Waals surface area contributed by atoms with Gasteiger partial charge in [0.1, 0.15) is 12.2 Å². The molecule has 0 spiro atoms. The van der Waals surface area contributed by atoms with E-state index in [0.29, 0.717) is 17.8 Å². The zero-order chi connectivity index (χ0) is 14.1. The van der Waals surface area contributed by atoms with Crippen molar-refractivity contribution >= 4 is 0 Å². The highest BCUT2D eigenvalue weighted by atomic mass is 16.5. The molecule has 7 nitrogen and oxygen atoms in total. The molecule has 0 amide bonds. The highest BCUT2D eigenvalue weighted by Gasteiger charge is 2.28. The smallest absolute Gasteiger partial charge is 0.231 e. The molecule has 108 valence electrons. The van der Waals surface area contributed by atoms with E-state index in [1.165, 1.54) is 0 Å². The first kappa shape index (κ1) is 13.2. The topological polar surface area (TPSA) is 72.9 Å². The Hall–Kier alpha value is -1.76. The Morgan fingerprint density at radius 2 is 2.30 bits per heavy atom. The Morgan fingerprint density at radius 3 is 3.00 bits per heavy atom. The summed E-state index contributed by atoms with van der Waals surface area (Å²) in [6.45, 7) is 8.87. The average molecular weight is 276 g/mol. The highest BCUT2D eigenvalue weighted by molar-refractivity contribution is 4.99. The van der Waals surface area contributed by atoms with E-state index in [1.807, 2.05) is 11.6 Å². The third-order valence-corrected chi connectivity index (χ3v) is 3.67. The molecule has 1 saturated heterocycles. The van der Waals surface area contributed by atoms with Crippen LogP contribution in [0.2, 0.25) is 0 Å². The second-order valence-electron chi connectivity index (χ2n) is 5.62. The van der Waals surface area contributed by atoms with Crippen molar-refractivity contribution in [1.29, 1.82) is 0 Å². The molecular weight excluding hydrogens is 256 g/mol. The van der Waals surface area contributed by atoms with Gasteiger partial charge in [0.05, 0.1) is 12.5 Å². The van der Waals surface area contributed by atoms with Crippen LogP contribution in [0.1, 0.15) is 49.8 Å². The molecule has 1 aliphatic rings. The average Bonchev–Trinajstić information content (AvgIpc) is 3.09. The lowest BCUT2D eigenvalue weighted by atomic mass is 10.1. The molecule has 0 saturated carbocycles. The fourth-order valence-corrected chi connectivity index (χ4v) is 2.68. The third-order valence-electron chi connectivity index (χ3n) is 3.67. The summed E-state index contributed by atoms with van der Waals surface area (Å²) >= 11 is 0. The largest absolute Gasteiger partial charge is 0.339 e. The summed E-state index contributed by atoms with van der Waals surface area (Å²) < 4.78 is 7.25. The molecule has 2 aromatic heterocycles. The van der Waals surface area contributed by atoms with Crippen molar-refractivity contribution in [2.45, 2.75) is 45.7 Å². The van der Waals surface area contributed by atoms with E-state index in [-0.39, 0.29) is 0 Å². The zero-order valence-electron chi connectivity index (χ0n) is 12.2. The molecule has 7 heteroatoms. The van der Waals surface area contributed by atoms with Crippen LogP contribution >= 0.6 is 0 Å².